The number of ether oxygens (including phenoxy) is 1. The first-order valence-electron chi connectivity index (χ1n) is 5.52. The summed E-state index contributed by atoms with van der Waals surface area (Å²) in [5.41, 5.74) is 0.508. The molecule has 0 aliphatic rings. The molecule has 1 aromatic rings. The van der Waals surface area contributed by atoms with Crippen molar-refractivity contribution in [3.05, 3.63) is 29.8 Å². The molecule has 0 bridgehead atoms. The van der Waals surface area contributed by atoms with Gasteiger partial charge in [0.2, 0.25) is 0 Å². The van der Waals surface area contributed by atoms with Gasteiger partial charge in [-0.05, 0) is 23.6 Å². The summed E-state index contributed by atoms with van der Waals surface area (Å²) in [4.78, 5) is 11.6. The van der Waals surface area contributed by atoms with Gasteiger partial charge in [-0.3, -0.25) is 4.79 Å². The van der Waals surface area contributed by atoms with Gasteiger partial charge in [-0.15, -0.1) is 0 Å². The Hall–Kier alpha value is -1.55. The first-order chi connectivity index (χ1) is 7.97. The van der Waals surface area contributed by atoms with E-state index in [4.69, 9.17) is 0 Å². The summed E-state index contributed by atoms with van der Waals surface area (Å²) in [6, 6.07) is 6.26. The first-order valence-corrected chi connectivity index (χ1v) is 5.52. The van der Waals surface area contributed by atoms with E-state index in [-0.39, 0.29) is 11.7 Å². The maximum absolute atomic E-state index is 11.6. The van der Waals surface area contributed by atoms with E-state index in [1.165, 1.54) is 19.2 Å². The molecule has 0 amide bonds. The number of phenolic OH excluding ortho intramolecular Hbond substituents is 1. The SMILES string of the molecule is COC(=O)C(C(C)C)C(O)c1cccc(O)c1. The number of methoxy groups -OCH3 is 1. The molecule has 0 saturated carbocycles. The van der Waals surface area contributed by atoms with Crippen molar-refractivity contribution in [1.29, 1.82) is 0 Å². The second-order valence-corrected chi connectivity index (χ2v) is 4.33. The Morgan fingerprint density at radius 3 is 2.47 bits per heavy atom. The number of carbonyl (C=O) groups is 1. The molecule has 0 radical (unpaired) electrons. The molecule has 4 nitrogen and oxygen atoms in total. The number of aromatic hydroxyl groups is 1. The van der Waals surface area contributed by atoms with Gasteiger partial charge in [0.15, 0.2) is 0 Å². The fraction of sp³-hybridized carbons (Fsp3) is 0.462. The van der Waals surface area contributed by atoms with E-state index in [1.807, 2.05) is 13.8 Å². The van der Waals surface area contributed by atoms with Crippen LogP contribution < -0.4 is 0 Å². The Morgan fingerprint density at radius 1 is 1.35 bits per heavy atom. The number of phenols is 1. The van der Waals surface area contributed by atoms with Crippen molar-refractivity contribution in [3.63, 3.8) is 0 Å². The van der Waals surface area contributed by atoms with Crippen molar-refractivity contribution in [2.45, 2.75) is 20.0 Å². The highest BCUT2D eigenvalue weighted by Crippen LogP contribution is 2.30. The van der Waals surface area contributed by atoms with E-state index in [0.717, 1.165) is 0 Å². The van der Waals surface area contributed by atoms with Crippen LogP contribution >= 0.6 is 0 Å². The maximum atomic E-state index is 11.6. The van der Waals surface area contributed by atoms with Crippen molar-refractivity contribution < 1.29 is 19.7 Å². The van der Waals surface area contributed by atoms with Crippen LogP contribution in [0.25, 0.3) is 0 Å². The number of esters is 1. The number of rotatable bonds is 4. The Kier molecular flexibility index (Phi) is 4.52. The van der Waals surface area contributed by atoms with Crippen LogP contribution in [0.15, 0.2) is 24.3 Å². The summed E-state index contributed by atoms with van der Waals surface area (Å²) < 4.78 is 4.69. The summed E-state index contributed by atoms with van der Waals surface area (Å²) >= 11 is 0. The van der Waals surface area contributed by atoms with Crippen LogP contribution in [0.3, 0.4) is 0 Å². The molecule has 17 heavy (non-hydrogen) atoms. The molecular weight excluding hydrogens is 220 g/mol. The number of aliphatic hydroxyl groups is 1. The highest BCUT2D eigenvalue weighted by Gasteiger charge is 2.31. The van der Waals surface area contributed by atoms with E-state index in [1.54, 1.807) is 12.1 Å². The maximum Gasteiger partial charge on any atom is 0.311 e. The van der Waals surface area contributed by atoms with Crippen LogP contribution in [0.4, 0.5) is 0 Å². The van der Waals surface area contributed by atoms with Gasteiger partial charge >= 0.3 is 5.97 Å². The van der Waals surface area contributed by atoms with E-state index in [0.29, 0.717) is 5.56 Å². The highest BCUT2D eigenvalue weighted by atomic mass is 16.5. The quantitative estimate of drug-likeness (QED) is 0.786. The number of aliphatic hydroxyl groups excluding tert-OH is 1. The smallest absolute Gasteiger partial charge is 0.311 e. The standard InChI is InChI=1S/C13H18O4/c1-8(2)11(13(16)17-3)12(15)9-5-4-6-10(14)7-9/h4-8,11-12,14-15H,1-3H3. The molecule has 0 saturated heterocycles. The third-order valence-electron chi connectivity index (χ3n) is 2.74. The topological polar surface area (TPSA) is 66.8 Å². The molecule has 0 heterocycles. The predicted molar refractivity (Wildman–Crippen MR) is 63.4 cm³/mol. The Balaban J connectivity index is 2.99. The van der Waals surface area contributed by atoms with E-state index < -0.39 is 18.0 Å². The number of carbonyl (C=O) groups excluding carboxylic acids is 1. The van der Waals surface area contributed by atoms with Crippen LogP contribution in [-0.4, -0.2) is 23.3 Å². The van der Waals surface area contributed by atoms with E-state index >= 15 is 0 Å². The van der Waals surface area contributed by atoms with Gasteiger partial charge < -0.3 is 14.9 Å². The molecule has 94 valence electrons. The van der Waals surface area contributed by atoms with Gasteiger partial charge in [-0.25, -0.2) is 0 Å². The van der Waals surface area contributed by atoms with Gasteiger partial charge in [0.25, 0.3) is 0 Å². The van der Waals surface area contributed by atoms with Crippen molar-refractivity contribution >= 4 is 5.97 Å². The van der Waals surface area contributed by atoms with Crippen LogP contribution in [-0.2, 0) is 9.53 Å². The summed E-state index contributed by atoms with van der Waals surface area (Å²) in [5.74, 6) is -1.08. The zero-order chi connectivity index (χ0) is 13.0. The Bertz CT molecular complexity index is 387. The predicted octanol–water partition coefficient (Wildman–Crippen LogP) is 1.87. The molecule has 1 aromatic carbocycles. The van der Waals surface area contributed by atoms with Crippen LogP contribution in [0.5, 0.6) is 5.75 Å². The molecule has 0 aromatic heterocycles. The fourth-order valence-electron chi connectivity index (χ4n) is 1.82. The average Bonchev–Trinajstić information content (AvgIpc) is 2.28. The molecule has 2 N–H and O–H groups in total. The molecule has 4 heteroatoms. The zero-order valence-electron chi connectivity index (χ0n) is 10.3. The average molecular weight is 238 g/mol. The molecule has 0 aliphatic carbocycles. The van der Waals surface area contributed by atoms with Crippen LogP contribution in [0.1, 0.15) is 25.5 Å². The molecule has 2 atom stereocenters. The van der Waals surface area contributed by atoms with Crippen LogP contribution in [0.2, 0.25) is 0 Å². The summed E-state index contributed by atoms with van der Waals surface area (Å²) in [6.07, 6.45) is -0.977. The summed E-state index contributed by atoms with van der Waals surface area (Å²) in [5, 5.41) is 19.5. The number of hydrogen-bond donors (Lipinski definition) is 2. The largest absolute Gasteiger partial charge is 0.508 e. The van der Waals surface area contributed by atoms with Crippen molar-refractivity contribution in [3.8, 4) is 5.75 Å². The lowest BCUT2D eigenvalue weighted by molar-refractivity contribution is -0.152. The van der Waals surface area contributed by atoms with E-state index in [2.05, 4.69) is 4.74 Å². The highest BCUT2D eigenvalue weighted by molar-refractivity contribution is 5.73. The van der Waals surface area contributed by atoms with Gasteiger partial charge in [0.05, 0.1) is 19.1 Å². The fourth-order valence-corrected chi connectivity index (χ4v) is 1.82. The molecule has 2 unspecified atom stereocenters. The molecule has 0 fully saturated rings. The Labute approximate surface area is 101 Å². The minimum atomic E-state index is -0.977. The second kappa shape index (κ2) is 5.68. The first kappa shape index (κ1) is 13.5. The number of benzene rings is 1. The molecule has 0 spiro atoms. The zero-order valence-corrected chi connectivity index (χ0v) is 10.3. The minimum Gasteiger partial charge on any atom is -0.508 e. The van der Waals surface area contributed by atoms with Gasteiger partial charge in [0, 0.05) is 0 Å². The molecule has 0 aliphatic heterocycles. The van der Waals surface area contributed by atoms with Gasteiger partial charge in [-0.2, -0.15) is 0 Å². The third kappa shape index (κ3) is 3.20. The molecule has 1 rings (SSSR count). The van der Waals surface area contributed by atoms with Crippen molar-refractivity contribution in [2.75, 3.05) is 7.11 Å². The van der Waals surface area contributed by atoms with Crippen molar-refractivity contribution in [1.82, 2.24) is 0 Å². The number of hydrogen-bond acceptors (Lipinski definition) is 4. The van der Waals surface area contributed by atoms with Crippen LogP contribution in [0, 0.1) is 11.8 Å². The van der Waals surface area contributed by atoms with E-state index in [9.17, 15) is 15.0 Å². The minimum absolute atomic E-state index is 0.0557. The van der Waals surface area contributed by atoms with Gasteiger partial charge in [-0.1, -0.05) is 26.0 Å². The van der Waals surface area contributed by atoms with Crippen molar-refractivity contribution in [2.24, 2.45) is 11.8 Å². The Morgan fingerprint density at radius 2 is 2.00 bits per heavy atom. The molecular formula is C13H18O4. The third-order valence-corrected chi connectivity index (χ3v) is 2.74. The van der Waals surface area contributed by atoms with Gasteiger partial charge in [0.1, 0.15) is 5.75 Å². The lowest BCUT2D eigenvalue weighted by Gasteiger charge is -2.24. The summed E-state index contributed by atoms with van der Waals surface area (Å²) in [6.45, 7) is 3.68. The summed E-state index contributed by atoms with van der Waals surface area (Å²) in [7, 11) is 1.30. The second-order valence-electron chi connectivity index (χ2n) is 4.33. The lowest BCUT2D eigenvalue weighted by atomic mass is 9.86. The lowest BCUT2D eigenvalue weighted by Crippen LogP contribution is -2.28. The monoisotopic (exact) mass is 238 g/mol. The normalized spacial score (nSPS) is 14.4.